The van der Waals surface area contributed by atoms with Crippen LogP contribution in [0.25, 0.3) is 11.4 Å². The zero-order valence-electron chi connectivity index (χ0n) is 11.2. The van der Waals surface area contributed by atoms with Gasteiger partial charge in [0.15, 0.2) is 5.82 Å². The molecule has 1 unspecified atom stereocenters. The summed E-state index contributed by atoms with van der Waals surface area (Å²) in [7, 11) is 0. The van der Waals surface area contributed by atoms with Crippen molar-refractivity contribution in [3.63, 3.8) is 0 Å². The highest BCUT2D eigenvalue weighted by molar-refractivity contribution is 5.60. The summed E-state index contributed by atoms with van der Waals surface area (Å²) in [5.74, 6) is 1.68. The van der Waals surface area contributed by atoms with Crippen LogP contribution in [0.1, 0.15) is 38.6 Å². The highest BCUT2D eigenvalue weighted by Gasteiger charge is 2.27. The molecule has 0 saturated heterocycles. The van der Waals surface area contributed by atoms with Crippen molar-refractivity contribution in [3.8, 4) is 11.4 Å². The Balaban J connectivity index is 1.92. The Morgan fingerprint density at radius 2 is 2.26 bits per heavy atom. The summed E-state index contributed by atoms with van der Waals surface area (Å²) < 4.78 is 1.97. The van der Waals surface area contributed by atoms with Crippen LogP contribution in [0.4, 0.5) is 5.69 Å². The van der Waals surface area contributed by atoms with E-state index in [9.17, 15) is 0 Å². The molecular formula is C14H19N5. The molecule has 0 spiro atoms. The second kappa shape index (κ2) is 4.99. The maximum absolute atomic E-state index is 5.84. The van der Waals surface area contributed by atoms with Gasteiger partial charge in [0, 0.05) is 11.3 Å². The molecule has 1 aliphatic carbocycles. The lowest BCUT2D eigenvalue weighted by molar-refractivity contribution is 0.388. The number of hydrogen-bond acceptors (Lipinski definition) is 4. The van der Waals surface area contributed by atoms with E-state index in [2.05, 4.69) is 22.4 Å². The lowest BCUT2D eigenvalue weighted by atomic mass is 10.1. The van der Waals surface area contributed by atoms with Crippen LogP contribution in [0, 0.1) is 5.92 Å². The molecule has 0 radical (unpaired) electrons. The SMILES string of the molecule is CCC(CC1CC1)n1nnnc1-c1cccc(N)c1. The minimum Gasteiger partial charge on any atom is -0.399 e. The topological polar surface area (TPSA) is 69.6 Å². The number of benzene rings is 1. The number of aromatic nitrogens is 4. The van der Waals surface area contributed by atoms with Gasteiger partial charge in [-0.05, 0) is 41.3 Å². The van der Waals surface area contributed by atoms with Crippen molar-refractivity contribution in [1.29, 1.82) is 0 Å². The van der Waals surface area contributed by atoms with E-state index in [1.807, 2.05) is 28.9 Å². The van der Waals surface area contributed by atoms with Crippen molar-refractivity contribution < 1.29 is 0 Å². The van der Waals surface area contributed by atoms with Crippen molar-refractivity contribution >= 4 is 5.69 Å². The number of tetrazole rings is 1. The third kappa shape index (κ3) is 2.59. The molecule has 5 nitrogen and oxygen atoms in total. The van der Waals surface area contributed by atoms with Crippen molar-refractivity contribution in [2.24, 2.45) is 5.92 Å². The highest BCUT2D eigenvalue weighted by atomic mass is 15.5. The Morgan fingerprint density at radius 3 is 2.95 bits per heavy atom. The smallest absolute Gasteiger partial charge is 0.182 e. The van der Waals surface area contributed by atoms with Gasteiger partial charge in [0.25, 0.3) is 0 Å². The van der Waals surface area contributed by atoms with Gasteiger partial charge in [-0.15, -0.1) is 5.10 Å². The monoisotopic (exact) mass is 257 g/mol. The molecular weight excluding hydrogens is 238 g/mol. The molecule has 1 heterocycles. The van der Waals surface area contributed by atoms with E-state index in [0.29, 0.717) is 6.04 Å². The predicted molar refractivity (Wildman–Crippen MR) is 74.3 cm³/mol. The van der Waals surface area contributed by atoms with Gasteiger partial charge in [0.1, 0.15) is 0 Å². The average Bonchev–Trinajstić information content (AvgIpc) is 3.10. The van der Waals surface area contributed by atoms with Crippen molar-refractivity contribution in [1.82, 2.24) is 20.2 Å². The van der Waals surface area contributed by atoms with Gasteiger partial charge in [-0.2, -0.15) is 0 Å². The molecule has 2 aromatic rings. The third-order valence-corrected chi connectivity index (χ3v) is 3.76. The maximum atomic E-state index is 5.84. The van der Waals surface area contributed by atoms with Crippen LogP contribution in [0.15, 0.2) is 24.3 Å². The number of rotatable bonds is 5. The predicted octanol–water partition coefficient (Wildman–Crippen LogP) is 2.67. The fourth-order valence-corrected chi connectivity index (χ4v) is 2.49. The largest absolute Gasteiger partial charge is 0.399 e. The Labute approximate surface area is 112 Å². The first kappa shape index (κ1) is 12.1. The van der Waals surface area contributed by atoms with Crippen LogP contribution in [0.2, 0.25) is 0 Å². The van der Waals surface area contributed by atoms with Crippen LogP contribution in [-0.4, -0.2) is 20.2 Å². The highest BCUT2D eigenvalue weighted by Crippen LogP contribution is 2.38. The molecule has 1 saturated carbocycles. The molecule has 5 heteroatoms. The van der Waals surface area contributed by atoms with Gasteiger partial charge in [-0.25, -0.2) is 4.68 Å². The lowest BCUT2D eigenvalue weighted by Crippen LogP contribution is -2.12. The van der Waals surface area contributed by atoms with Crippen LogP contribution in [-0.2, 0) is 0 Å². The molecule has 100 valence electrons. The van der Waals surface area contributed by atoms with Gasteiger partial charge in [-0.1, -0.05) is 31.9 Å². The van der Waals surface area contributed by atoms with E-state index < -0.39 is 0 Å². The van der Waals surface area contributed by atoms with E-state index in [1.54, 1.807) is 0 Å². The second-order valence-corrected chi connectivity index (χ2v) is 5.31. The number of hydrogen-bond donors (Lipinski definition) is 1. The molecule has 2 N–H and O–H groups in total. The van der Waals surface area contributed by atoms with Gasteiger partial charge < -0.3 is 5.73 Å². The molecule has 19 heavy (non-hydrogen) atoms. The first-order valence-electron chi connectivity index (χ1n) is 6.91. The standard InChI is InChI=1S/C14H19N5/c1-2-13(8-10-6-7-10)19-14(16-17-18-19)11-4-3-5-12(15)9-11/h3-5,9-10,13H,2,6-8,15H2,1H3. The van der Waals surface area contributed by atoms with Crippen molar-refractivity contribution in [2.45, 2.75) is 38.6 Å². The fraction of sp³-hybridized carbons (Fsp3) is 0.500. The van der Waals surface area contributed by atoms with E-state index in [1.165, 1.54) is 19.3 Å². The zero-order valence-corrected chi connectivity index (χ0v) is 11.2. The Kier molecular flexibility index (Phi) is 3.19. The second-order valence-electron chi connectivity index (χ2n) is 5.31. The summed E-state index contributed by atoms with van der Waals surface area (Å²) in [6, 6.07) is 8.12. The average molecular weight is 257 g/mol. The Bertz CT molecular complexity index is 558. The third-order valence-electron chi connectivity index (χ3n) is 3.76. The summed E-state index contributed by atoms with van der Waals surface area (Å²) >= 11 is 0. The van der Waals surface area contributed by atoms with Crippen LogP contribution < -0.4 is 5.73 Å². The minimum absolute atomic E-state index is 0.388. The first-order chi connectivity index (χ1) is 9.28. The molecule has 1 fully saturated rings. The molecule has 1 atom stereocenters. The molecule has 1 aromatic carbocycles. The first-order valence-corrected chi connectivity index (χ1v) is 6.91. The fourth-order valence-electron chi connectivity index (χ4n) is 2.49. The van der Waals surface area contributed by atoms with Gasteiger partial charge in [-0.3, -0.25) is 0 Å². The van der Waals surface area contributed by atoms with E-state index in [0.717, 1.165) is 29.4 Å². The molecule has 0 amide bonds. The zero-order chi connectivity index (χ0) is 13.2. The van der Waals surface area contributed by atoms with E-state index >= 15 is 0 Å². The number of nitrogens with zero attached hydrogens (tertiary/aromatic N) is 4. The quantitative estimate of drug-likeness (QED) is 0.836. The number of anilines is 1. The molecule has 0 aliphatic heterocycles. The molecule has 0 bridgehead atoms. The minimum atomic E-state index is 0.388. The van der Waals surface area contributed by atoms with Gasteiger partial charge in [0.05, 0.1) is 6.04 Å². The normalized spacial score (nSPS) is 16.5. The van der Waals surface area contributed by atoms with E-state index in [-0.39, 0.29) is 0 Å². The molecule has 3 rings (SSSR count). The summed E-state index contributed by atoms with van der Waals surface area (Å²) in [4.78, 5) is 0. The number of nitrogens with two attached hydrogens (primary N) is 1. The van der Waals surface area contributed by atoms with Gasteiger partial charge >= 0.3 is 0 Å². The summed E-state index contributed by atoms with van der Waals surface area (Å²) in [6.45, 7) is 2.19. The Morgan fingerprint density at radius 1 is 1.42 bits per heavy atom. The maximum Gasteiger partial charge on any atom is 0.182 e. The molecule has 1 aromatic heterocycles. The lowest BCUT2D eigenvalue weighted by Gasteiger charge is -2.16. The van der Waals surface area contributed by atoms with Gasteiger partial charge in [0.2, 0.25) is 0 Å². The summed E-state index contributed by atoms with van der Waals surface area (Å²) in [5.41, 5.74) is 7.56. The summed E-state index contributed by atoms with van der Waals surface area (Å²) in [5, 5.41) is 12.2. The van der Waals surface area contributed by atoms with Crippen LogP contribution in [0.5, 0.6) is 0 Å². The molecule has 1 aliphatic rings. The van der Waals surface area contributed by atoms with Crippen molar-refractivity contribution in [2.75, 3.05) is 5.73 Å². The van der Waals surface area contributed by atoms with E-state index in [4.69, 9.17) is 5.73 Å². The van der Waals surface area contributed by atoms with Crippen LogP contribution in [0.3, 0.4) is 0 Å². The van der Waals surface area contributed by atoms with Crippen molar-refractivity contribution in [3.05, 3.63) is 24.3 Å². The summed E-state index contributed by atoms with van der Waals surface area (Å²) in [6.07, 6.45) is 4.94. The van der Waals surface area contributed by atoms with Crippen LogP contribution >= 0.6 is 0 Å². The number of nitrogen functional groups attached to an aromatic ring is 1. The Hall–Kier alpha value is -1.91.